The molecule has 0 bridgehead atoms. The Labute approximate surface area is 216 Å². The maximum atomic E-state index is 13.1. The maximum Gasteiger partial charge on any atom is 0.266 e. The molecular weight excluding hydrogens is 570 g/mol. The average molecular weight is 591 g/mol. The minimum Gasteiger partial charge on any atom is -0.490 e. The zero-order valence-corrected chi connectivity index (χ0v) is 21.4. The number of benzene rings is 3. The molecule has 34 heavy (non-hydrogen) atoms. The van der Waals surface area contributed by atoms with Crippen LogP contribution in [0.1, 0.15) is 23.6 Å². The molecule has 1 N–H and O–H groups in total. The van der Waals surface area contributed by atoms with Gasteiger partial charge in [0.2, 0.25) is 0 Å². The van der Waals surface area contributed by atoms with Crippen LogP contribution < -0.4 is 14.8 Å². The first-order chi connectivity index (χ1) is 16.3. The maximum absolute atomic E-state index is 13.1. The smallest absolute Gasteiger partial charge is 0.266 e. The van der Waals surface area contributed by atoms with Gasteiger partial charge in [-0.3, -0.25) is 4.79 Å². The van der Waals surface area contributed by atoms with E-state index < -0.39 is 5.91 Å². The number of nitrogens with one attached hydrogen (secondary N) is 1. The van der Waals surface area contributed by atoms with Crippen LogP contribution in [0.5, 0.6) is 11.5 Å². The molecule has 174 valence electrons. The molecular formula is C26H21ClFIN2O3. The Bertz CT molecular complexity index is 1270. The van der Waals surface area contributed by atoms with Crippen molar-refractivity contribution < 1.29 is 18.7 Å². The van der Waals surface area contributed by atoms with Gasteiger partial charge in [0.1, 0.15) is 24.1 Å². The van der Waals surface area contributed by atoms with Gasteiger partial charge in [0, 0.05) is 10.7 Å². The number of anilines is 1. The molecule has 5 nitrogen and oxygen atoms in total. The molecule has 0 aliphatic carbocycles. The zero-order chi connectivity index (χ0) is 24.7. The molecule has 0 aromatic heterocycles. The number of ether oxygens (including phenoxy) is 2. The lowest BCUT2D eigenvalue weighted by Crippen LogP contribution is -2.14. The predicted molar refractivity (Wildman–Crippen MR) is 139 cm³/mol. The van der Waals surface area contributed by atoms with E-state index in [1.807, 2.05) is 13.0 Å². The van der Waals surface area contributed by atoms with Crippen molar-refractivity contribution in [3.8, 4) is 17.6 Å². The third-order valence-electron chi connectivity index (χ3n) is 4.82. The highest BCUT2D eigenvalue weighted by molar-refractivity contribution is 14.1. The molecule has 0 spiro atoms. The van der Waals surface area contributed by atoms with Gasteiger partial charge in [0.15, 0.2) is 11.5 Å². The van der Waals surface area contributed by atoms with E-state index in [2.05, 4.69) is 27.9 Å². The van der Waals surface area contributed by atoms with E-state index in [4.69, 9.17) is 21.1 Å². The predicted octanol–water partition coefficient (Wildman–Crippen LogP) is 6.92. The minimum atomic E-state index is -0.544. The minimum absolute atomic E-state index is 0.0717. The van der Waals surface area contributed by atoms with Crippen molar-refractivity contribution in [2.75, 3.05) is 11.9 Å². The molecule has 3 rings (SSSR count). The van der Waals surface area contributed by atoms with E-state index in [0.717, 1.165) is 9.13 Å². The first kappa shape index (κ1) is 25.5. The summed E-state index contributed by atoms with van der Waals surface area (Å²) in [7, 11) is 0. The fraction of sp³-hybridized carbons (Fsp3) is 0.154. The summed E-state index contributed by atoms with van der Waals surface area (Å²) >= 11 is 8.23. The molecule has 0 aliphatic rings. The molecule has 0 radical (unpaired) electrons. The molecule has 3 aromatic carbocycles. The summed E-state index contributed by atoms with van der Waals surface area (Å²) in [5.41, 5.74) is 2.59. The Kier molecular flexibility index (Phi) is 8.91. The standard InChI is InChI=1S/C26H21ClFIN2O3/c1-3-33-24-13-18(12-22(29)25(24)34-15-17-7-9-20(28)10-8-17)11-19(14-30)26(32)31-23-6-4-5-21(27)16(23)2/h4-13H,3,15H2,1-2H3,(H,31,32)/b19-11+. The summed E-state index contributed by atoms with van der Waals surface area (Å²) in [5, 5.41) is 12.8. The Hall–Kier alpha value is -3.09. The number of amides is 1. The van der Waals surface area contributed by atoms with Gasteiger partial charge >= 0.3 is 0 Å². The van der Waals surface area contributed by atoms with Crippen molar-refractivity contribution in [2.45, 2.75) is 20.5 Å². The number of hydrogen-bond donors (Lipinski definition) is 1. The van der Waals surface area contributed by atoms with Crippen molar-refractivity contribution in [3.63, 3.8) is 0 Å². The van der Waals surface area contributed by atoms with Gasteiger partial charge in [-0.25, -0.2) is 4.39 Å². The van der Waals surface area contributed by atoms with Gasteiger partial charge < -0.3 is 14.8 Å². The summed E-state index contributed by atoms with van der Waals surface area (Å²) in [6, 6.07) is 16.7. The van der Waals surface area contributed by atoms with Crippen LogP contribution in [0.15, 0.2) is 60.2 Å². The molecule has 1 amide bonds. The van der Waals surface area contributed by atoms with E-state index in [1.165, 1.54) is 18.2 Å². The molecule has 0 saturated carbocycles. The first-order valence-corrected chi connectivity index (χ1v) is 11.8. The third-order valence-corrected chi connectivity index (χ3v) is 6.03. The summed E-state index contributed by atoms with van der Waals surface area (Å²) in [5.74, 6) is 0.150. The number of nitriles is 1. The van der Waals surface area contributed by atoms with Gasteiger partial charge in [-0.15, -0.1) is 0 Å². The van der Waals surface area contributed by atoms with Crippen molar-refractivity contribution in [2.24, 2.45) is 0 Å². The van der Waals surface area contributed by atoms with Gasteiger partial charge in [-0.1, -0.05) is 29.8 Å². The summed E-state index contributed by atoms with van der Waals surface area (Å²) in [6.45, 7) is 4.27. The summed E-state index contributed by atoms with van der Waals surface area (Å²) in [6.07, 6.45) is 1.49. The Morgan fingerprint density at radius 2 is 1.94 bits per heavy atom. The highest BCUT2D eigenvalue weighted by Crippen LogP contribution is 2.35. The van der Waals surface area contributed by atoms with Crippen molar-refractivity contribution >= 4 is 51.9 Å². The molecule has 0 unspecified atom stereocenters. The molecule has 0 heterocycles. The second-order valence-corrected chi connectivity index (χ2v) is 8.78. The zero-order valence-electron chi connectivity index (χ0n) is 18.5. The fourth-order valence-corrected chi connectivity index (χ4v) is 4.01. The van der Waals surface area contributed by atoms with Crippen LogP contribution in [0.2, 0.25) is 5.02 Å². The largest absolute Gasteiger partial charge is 0.490 e. The molecule has 0 fully saturated rings. The van der Waals surface area contributed by atoms with Gasteiger partial charge in [0.25, 0.3) is 5.91 Å². The Morgan fingerprint density at radius 3 is 2.62 bits per heavy atom. The second-order valence-electron chi connectivity index (χ2n) is 7.21. The number of carbonyl (C=O) groups excluding carboxylic acids is 1. The number of rotatable bonds is 8. The number of nitrogens with zero attached hydrogens (tertiary/aromatic N) is 1. The van der Waals surface area contributed by atoms with E-state index in [-0.39, 0.29) is 18.0 Å². The van der Waals surface area contributed by atoms with Crippen LogP contribution in [-0.4, -0.2) is 12.5 Å². The summed E-state index contributed by atoms with van der Waals surface area (Å²) in [4.78, 5) is 12.7. The van der Waals surface area contributed by atoms with Gasteiger partial charge in [0.05, 0.1) is 10.2 Å². The fourth-order valence-electron chi connectivity index (χ4n) is 3.06. The molecule has 3 aromatic rings. The monoisotopic (exact) mass is 590 g/mol. The van der Waals surface area contributed by atoms with Crippen LogP contribution in [0.4, 0.5) is 10.1 Å². The van der Waals surface area contributed by atoms with E-state index in [1.54, 1.807) is 49.4 Å². The van der Waals surface area contributed by atoms with E-state index in [0.29, 0.717) is 39.9 Å². The van der Waals surface area contributed by atoms with Crippen molar-refractivity contribution in [3.05, 3.63) is 91.3 Å². The van der Waals surface area contributed by atoms with Crippen LogP contribution in [0.25, 0.3) is 6.08 Å². The normalized spacial score (nSPS) is 11.0. The lowest BCUT2D eigenvalue weighted by atomic mass is 10.1. The molecule has 0 aliphatic heterocycles. The third kappa shape index (κ3) is 6.49. The van der Waals surface area contributed by atoms with Crippen molar-refractivity contribution in [1.82, 2.24) is 0 Å². The van der Waals surface area contributed by atoms with Crippen LogP contribution >= 0.6 is 34.2 Å². The highest BCUT2D eigenvalue weighted by atomic mass is 127. The molecule has 8 heteroatoms. The Balaban J connectivity index is 1.86. The second kappa shape index (κ2) is 11.9. The van der Waals surface area contributed by atoms with Crippen LogP contribution in [0, 0.1) is 27.6 Å². The number of halogens is 3. The quantitative estimate of drug-likeness (QED) is 0.176. The van der Waals surface area contributed by atoms with Gasteiger partial charge in [-0.2, -0.15) is 5.26 Å². The molecule has 0 saturated heterocycles. The van der Waals surface area contributed by atoms with Gasteiger partial charge in [-0.05, 0) is 95.6 Å². The van der Waals surface area contributed by atoms with E-state index >= 15 is 0 Å². The van der Waals surface area contributed by atoms with E-state index in [9.17, 15) is 14.4 Å². The average Bonchev–Trinajstić information content (AvgIpc) is 2.81. The first-order valence-electron chi connectivity index (χ1n) is 10.3. The van der Waals surface area contributed by atoms with Crippen LogP contribution in [-0.2, 0) is 11.4 Å². The molecule has 0 atom stereocenters. The van der Waals surface area contributed by atoms with Crippen molar-refractivity contribution in [1.29, 1.82) is 5.26 Å². The lowest BCUT2D eigenvalue weighted by molar-refractivity contribution is -0.112. The SMILES string of the molecule is CCOc1cc(/C=C(\C#N)C(=O)Nc2cccc(Cl)c2C)cc(I)c1OCc1ccc(F)cc1. The van der Waals surface area contributed by atoms with Crippen LogP contribution in [0.3, 0.4) is 0 Å². The highest BCUT2D eigenvalue weighted by Gasteiger charge is 2.15. The topological polar surface area (TPSA) is 71.3 Å². The lowest BCUT2D eigenvalue weighted by Gasteiger charge is -2.15. The number of hydrogen-bond acceptors (Lipinski definition) is 4. The Morgan fingerprint density at radius 1 is 1.21 bits per heavy atom. The summed E-state index contributed by atoms with van der Waals surface area (Å²) < 4.78 is 25.6. The number of carbonyl (C=O) groups is 1.